The number of rotatable bonds is 15. The summed E-state index contributed by atoms with van der Waals surface area (Å²) in [5, 5.41) is 18.6. The second kappa shape index (κ2) is 17.3. The summed E-state index contributed by atoms with van der Waals surface area (Å²) < 4.78 is 15.4. The number of nitrogens with zero attached hydrogens (tertiary/aromatic N) is 1. The molecular weight excluding hydrogens is 602 g/mol. The molecule has 0 fully saturated rings. The Morgan fingerprint density at radius 2 is 1.61 bits per heavy atom. The van der Waals surface area contributed by atoms with E-state index >= 15 is 0 Å². The molecule has 46 heavy (non-hydrogen) atoms. The molecule has 250 valence electrons. The second-order valence-electron chi connectivity index (χ2n) is 11.7. The summed E-state index contributed by atoms with van der Waals surface area (Å²) in [6, 6.07) is 9.74. The highest BCUT2D eigenvalue weighted by atomic mass is 16.7. The zero-order valence-electron chi connectivity index (χ0n) is 26.5. The van der Waals surface area contributed by atoms with Crippen LogP contribution in [0.1, 0.15) is 59.4 Å². The SMILES string of the molecule is CC(C)[C@H](NC(=O)OC(C)(C)C)C(=O)C[C@@H](CCCNC(N)=O)C(=O)Nc1ccc(COC(=O)Oc2ccc([N+](=O)[O-])cc2)cc1. The standard InChI is InChI=1S/C31H41N5O10/c1-19(2)26(35-29(40)46-31(3,4)5)25(37)17-21(7-6-16-33-28(32)39)27(38)34-22-10-8-20(9-11-22)18-44-30(41)45-24-14-12-23(13-15-24)36(42)43/h8-15,19,21,26H,6-7,16-18H2,1-5H3,(H,34,38)(H,35,40)(H3,32,33,39)/t21-,26+/m1/s1. The van der Waals surface area contributed by atoms with Crippen LogP contribution in [0, 0.1) is 22.0 Å². The van der Waals surface area contributed by atoms with Gasteiger partial charge in [-0.05, 0) is 69.4 Å². The first kappa shape index (κ1) is 37.0. The molecule has 0 aliphatic rings. The molecule has 2 rings (SSSR count). The highest BCUT2D eigenvalue weighted by Gasteiger charge is 2.31. The normalized spacial score (nSPS) is 12.3. The van der Waals surface area contributed by atoms with Crippen LogP contribution in [0.4, 0.5) is 25.8 Å². The van der Waals surface area contributed by atoms with Gasteiger partial charge in [0.25, 0.3) is 5.69 Å². The van der Waals surface area contributed by atoms with E-state index in [1.165, 1.54) is 24.3 Å². The van der Waals surface area contributed by atoms with Gasteiger partial charge in [0, 0.05) is 36.7 Å². The number of hydrogen-bond donors (Lipinski definition) is 4. The number of ketones is 1. The first-order valence-electron chi connectivity index (χ1n) is 14.6. The van der Waals surface area contributed by atoms with E-state index in [1.807, 2.05) is 0 Å². The van der Waals surface area contributed by atoms with Crippen LogP contribution in [0.2, 0.25) is 0 Å². The van der Waals surface area contributed by atoms with Crippen molar-refractivity contribution in [1.29, 1.82) is 0 Å². The number of carbonyl (C=O) groups excluding carboxylic acids is 5. The van der Waals surface area contributed by atoms with Crippen LogP contribution >= 0.6 is 0 Å². The van der Waals surface area contributed by atoms with Crippen molar-refractivity contribution in [2.75, 3.05) is 11.9 Å². The Kier molecular flexibility index (Phi) is 13.9. The number of primary amides is 1. The molecule has 2 aromatic carbocycles. The molecule has 0 aliphatic heterocycles. The number of anilines is 1. The maximum absolute atomic E-state index is 13.3. The largest absolute Gasteiger partial charge is 0.514 e. The number of nitrogens with two attached hydrogens (primary N) is 1. The fourth-order valence-electron chi connectivity index (χ4n) is 4.14. The van der Waals surface area contributed by atoms with E-state index in [4.69, 9.17) is 19.9 Å². The van der Waals surface area contributed by atoms with Gasteiger partial charge in [0.05, 0.1) is 11.0 Å². The fraction of sp³-hybridized carbons (Fsp3) is 0.452. The van der Waals surface area contributed by atoms with Gasteiger partial charge in [0.2, 0.25) is 5.91 Å². The number of benzene rings is 2. The number of Topliss-reactive ketones (excluding diaryl/α,β-unsaturated/α-hetero) is 1. The molecule has 2 atom stereocenters. The van der Waals surface area contributed by atoms with E-state index in [2.05, 4.69) is 16.0 Å². The van der Waals surface area contributed by atoms with E-state index in [1.54, 1.807) is 58.9 Å². The molecule has 4 amide bonds. The monoisotopic (exact) mass is 643 g/mol. The van der Waals surface area contributed by atoms with Crippen LogP contribution in [-0.4, -0.2) is 53.1 Å². The zero-order valence-corrected chi connectivity index (χ0v) is 26.5. The van der Waals surface area contributed by atoms with Crippen molar-refractivity contribution in [3.63, 3.8) is 0 Å². The third kappa shape index (κ3) is 13.6. The maximum atomic E-state index is 13.3. The average Bonchev–Trinajstić information content (AvgIpc) is 2.96. The van der Waals surface area contributed by atoms with Crippen LogP contribution in [-0.2, 0) is 25.7 Å². The molecule has 15 nitrogen and oxygen atoms in total. The lowest BCUT2D eigenvalue weighted by Crippen LogP contribution is -2.47. The number of non-ortho nitro benzene ring substituents is 1. The van der Waals surface area contributed by atoms with Crippen LogP contribution in [0.3, 0.4) is 0 Å². The molecule has 5 N–H and O–H groups in total. The minimum Gasteiger partial charge on any atom is -0.444 e. The smallest absolute Gasteiger partial charge is 0.444 e. The molecule has 15 heteroatoms. The van der Waals surface area contributed by atoms with Gasteiger partial charge in [0.15, 0.2) is 5.78 Å². The van der Waals surface area contributed by atoms with Crippen LogP contribution in [0.15, 0.2) is 48.5 Å². The molecule has 0 saturated heterocycles. The Morgan fingerprint density at radius 3 is 2.15 bits per heavy atom. The summed E-state index contributed by atoms with van der Waals surface area (Å²) in [6.45, 7) is 8.72. The van der Waals surface area contributed by atoms with Gasteiger partial charge in [-0.1, -0.05) is 26.0 Å². The van der Waals surface area contributed by atoms with E-state index in [9.17, 15) is 34.1 Å². The van der Waals surface area contributed by atoms with Crippen LogP contribution in [0.5, 0.6) is 5.75 Å². The first-order valence-corrected chi connectivity index (χ1v) is 14.6. The van der Waals surface area contributed by atoms with Gasteiger partial charge in [-0.3, -0.25) is 19.7 Å². The Labute approximate surface area is 266 Å². The van der Waals surface area contributed by atoms with Gasteiger partial charge in [-0.25, -0.2) is 14.4 Å². The van der Waals surface area contributed by atoms with Crippen LogP contribution in [0.25, 0.3) is 0 Å². The summed E-state index contributed by atoms with van der Waals surface area (Å²) >= 11 is 0. The molecule has 0 heterocycles. The molecule has 0 aromatic heterocycles. The van der Waals surface area contributed by atoms with Crippen molar-refractivity contribution in [2.45, 2.75) is 72.1 Å². The Morgan fingerprint density at radius 1 is 0.978 bits per heavy atom. The van der Waals surface area contributed by atoms with Crippen molar-refractivity contribution in [2.24, 2.45) is 17.6 Å². The Bertz CT molecular complexity index is 1370. The second-order valence-corrected chi connectivity index (χ2v) is 11.7. The van der Waals surface area contributed by atoms with Crippen molar-refractivity contribution in [3.8, 4) is 5.75 Å². The number of nitrogens with one attached hydrogen (secondary N) is 3. The Hall–Kier alpha value is -5.21. The lowest BCUT2D eigenvalue weighted by Gasteiger charge is -2.26. The number of ether oxygens (including phenoxy) is 3. The topological polar surface area (TPSA) is 218 Å². The minimum absolute atomic E-state index is 0.0763. The van der Waals surface area contributed by atoms with E-state index < -0.39 is 46.7 Å². The summed E-state index contributed by atoms with van der Waals surface area (Å²) in [4.78, 5) is 72.2. The minimum atomic E-state index is -1.01. The third-order valence-corrected chi connectivity index (χ3v) is 6.36. The van der Waals surface area contributed by atoms with Crippen molar-refractivity contribution in [1.82, 2.24) is 10.6 Å². The molecule has 0 unspecified atom stereocenters. The number of hydrogen-bond acceptors (Lipinski definition) is 10. The maximum Gasteiger partial charge on any atom is 0.514 e. The summed E-state index contributed by atoms with van der Waals surface area (Å²) in [7, 11) is 0. The van der Waals surface area contributed by atoms with E-state index in [0.717, 1.165) is 0 Å². The molecule has 0 saturated carbocycles. The molecular formula is C31H41N5O10. The zero-order chi connectivity index (χ0) is 34.4. The van der Waals surface area contributed by atoms with E-state index in [0.29, 0.717) is 17.7 Å². The third-order valence-electron chi connectivity index (χ3n) is 6.36. The molecule has 0 radical (unpaired) electrons. The fourth-order valence-corrected chi connectivity index (χ4v) is 4.14. The number of nitro benzene ring substituents is 1. The summed E-state index contributed by atoms with van der Waals surface area (Å²) in [5.74, 6) is -1.78. The van der Waals surface area contributed by atoms with Crippen molar-refractivity contribution >= 4 is 41.3 Å². The molecule has 2 aromatic rings. The average molecular weight is 644 g/mol. The number of alkyl carbamates (subject to hydrolysis) is 1. The predicted molar refractivity (Wildman–Crippen MR) is 167 cm³/mol. The van der Waals surface area contributed by atoms with Gasteiger partial charge >= 0.3 is 18.3 Å². The van der Waals surface area contributed by atoms with Gasteiger partial charge in [-0.2, -0.15) is 0 Å². The highest BCUT2D eigenvalue weighted by molar-refractivity contribution is 5.97. The van der Waals surface area contributed by atoms with Crippen molar-refractivity contribution < 1.29 is 43.1 Å². The first-order chi connectivity index (χ1) is 21.5. The summed E-state index contributed by atoms with van der Waals surface area (Å²) in [5.41, 5.74) is 5.21. The molecule has 0 spiro atoms. The molecule has 0 aliphatic carbocycles. The number of amides is 4. The van der Waals surface area contributed by atoms with Crippen molar-refractivity contribution in [3.05, 3.63) is 64.2 Å². The highest BCUT2D eigenvalue weighted by Crippen LogP contribution is 2.21. The quantitative estimate of drug-likeness (QED) is 0.0681. The van der Waals surface area contributed by atoms with Crippen LogP contribution < -0.4 is 26.4 Å². The van der Waals surface area contributed by atoms with Gasteiger partial charge < -0.3 is 35.9 Å². The number of carbonyl (C=O) groups is 5. The number of urea groups is 1. The lowest BCUT2D eigenvalue weighted by molar-refractivity contribution is -0.384. The number of nitro groups is 1. The lowest BCUT2D eigenvalue weighted by atomic mass is 9.89. The predicted octanol–water partition coefficient (Wildman–Crippen LogP) is 4.82. The Balaban J connectivity index is 2.01. The van der Waals surface area contributed by atoms with Gasteiger partial charge in [0.1, 0.15) is 18.0 Å². The van der Waals surface area contributed by atoms with Gasteiger partial charge in [-0.15, -0.1) is 0 Å². The van der Waals surface area contributed by atoms with E-state index in [-0.39, 0.29) is 49.1 Å². The summed E-state index contributed by atoms with van der Waals surface area (Å²) in [6.07, 6.45) is -1.31. The molecule has 0 bridgehead atoms.